The maximum Gasteiger partial charge on any atom is 0.125 e. The highest BCUT2D eigenvalue weighted by atomic mass is 32.2. The fourth-order valence-corrected chi connectivity index (χ4v) is 3.84. The molecule has 1 saturated heterocycles. The van der Waals surface area contributed by atoms with E-state index in [1.54, 1.807) is 0 Å². The van der Waals surface area contributed by atoms with Gasteiger partial charge in [-0.15, -0.1) is 0 Å². The first-order valence-corrected chi connectivity index (χ1v) is 6.98. The van der Waals surface area contributed by atoms with Gasteiger partial charge in [-0.3, -0.25) is 0 Å². The highest BCUT2D eigenvalue weighted by Gasteiger charge is 2.41. The van der Waals surface area contributed by atoms with Crippen LogP contribution >= 0.6 is 11.8 Å². The Morgan fingerprint density at radius 3 is 3.06 bits per heavy atom. The summed E-state index contributed by atoms with van der Waals surface area (Å²) in [5.41, 5.74) is 0.833. The van der Waals surface area contributed by atoms with Crippen LogP contribution in [0.3, 0.4) is 0 Å². The van der Waals surface area contributed by atoms with Crippen molar-refractivity contribution in [3.63, 3.8) is 0 Å². The first kappa shape index (κ1) is 10.5. The molecular formula is C13H16O2S. The largest absolute Gasteiger partial charge is 0.486 e. The van der Waals surface area contributed by atoms with Crippen LogP contribution in [0.2, 0.25) is 0 Å². The van der Waals surface area contributed by atoms with E-state index >= 15 is 0 Å². The molecule has 0 amide bonds. The van der Waals surface area contributed by atoms with E-state index in [2.05, 4.69) is 0 Å². The Labute approximate surface area is 100 Å². The topological polar surface area (TPSA) is 29.5 Å². The third-order valence-electron chi connectivity index (χ3n) is 3.46. The van der Waals surface area contributed by atoms with E-state index in [9.17, 15) is 5.11 Å². The average Bonchev–Trinajstić information content (AvgIpc) is 2.30. The van der Waals surface area contributed by atoms with Crippen molar-refractivity contribution in [2.75, 3.05) is 11.5 Å². The van der Waals surface area contributed by atoms with Crippen LogP contribution in [0.5, 0.6) is 5.75 Å². The summed E-state index contributed by atoms with van der Waals surface area (Å²) >= 11 is 1.94. The third-order valence-corrected chi connectivity index (χ3v) is 4.76. The Hall–Kier alpha value is -0.670. The minimum Gasteiger partial charge on any atom is -0.486 e. The lowest BCUT2D eigenvalue weighted by molar-refractivity contribution is -0.00551. The van der Waals surface area contributed by atoms with Crippen LogP contribution in [0.1, 0.15) is 30.9 Å². The van der Waals surface area contributed by atoms with Crippen molar-refractivity contribution < 1.29 is 9.84 Å². The minimum atomic E-state index is -0.358. The number of hydrogen-bond donors (Lipinski definition) is 1. The lowest BCUT2D eigenvalue weighted by atomic mass is 9.86. The molecule has 1 fully saturated rings. The number of thioether (sulfide) groups is 1. The zero-order valence-electron chi connectivity index (χ0n) is 9.19. The molecule has 16 heavy (non-hydrogen) atoms. The summed E-state index contributed by atoms with van der Waals surface area (Å²) in [6.45, 7) is 0. The second-order valence-electron chi connectivity index (χ2n) is 4.70. The number of fused-ring (bicyclic) bond motifs is 1. The Morgan fingerprint density at radius 2 is 2.25 bits per heavy atom. The molecule has 3 heteroatoms. The molecule has 3 rings (SSSR count). The number of ether oxygens (including phenoxy) is 1. The van der Waals surface area contributed by atoms with Gasteiger partial charge in [-0.2, -0.15) is 11.8 Å². The van der Waals surface area contributed by atoms with Crippen LogP contribution in [-0.4, -0.2) is 22.2 Å². The highest BCUT2D eigenvalue weighted by Crippen LogP contribution is 2.44. The number of benzene rings is 1. The van der Waals surface area contributed by atoms with Crippen LogP contribution in [0.25, 0.3) is 0 Å². The van der Waals surface area contributed by atoms with E-state index in [0.29, 0.717) is 0 Å². The fourth-order valence-electron chi connectivity index (χ4n) is 2.65. The number of para-hydroxylation sites is 1. The molecule has 2 aliphatic rings. The van der Waals surface area contributed by atoms with Gasteiger partial charge in [-0.05, 0) is 24.7 Å². The van der Waals surface area contributed by atoms with Crippen molar-refractivity contribution in [1.82, 2.24) is 0 Å². The van der Waals surface area contributed by atoms with Gasteiger partial charge in [0.15, 0.2) is 0 Å². The molecule has 1 aromatic rings. The fraction of sp³-hybridized carbons (Fsp3) is 0.538. The molecule has 0 saturated carbocycles. The highest BCUT2D eigenvalue weighted by molar-refractivity contribution is 7.99. The monoisotopic (exact) mass is 236 g/mol. The summed E-state index contributed by atoms with van der Waals surface area (Å²) in [5.74, 6) is 3.12. The van der Waals surface area contributed by atoms with Crippen molar-refractivity contribution in [2.24, 2.45) is 0 Å². The summed E-state index contributed by atoms with van der Waals surface area (Å²) in [6, 6.07) is 7.86. The summed E-state index contributed by atoms with van der Waals surface area (Å²) in [4.78, 5) is 0. The summed E-state index contributed by atoms with van der Waals surface area (Å²) in [6.07, 6.45) is 2.66. The van der Waals surface area contributed by atoms with Gasteiger partial charge in [-0.1, -0.05) is 18.2 Å². The van der Waals surface area contributed by atoms with Crippen LogP contribution in [-0.2, 0) is 0 Å². The normalized spacial score (nSPS) is 33.2. The number of hydrogen-bond acceptors (Lipinski definition) is 3. The Bertz CT molecular complexity index is 385. The van der Waals surface area contributed by atoms with Gasteiger partial charge in [0.25, 0.3) is 0 Å². The minimum absolute atomic E-state index is 0.114. The Morgan fingerprint density at radius 1 is 1.38 bits per heavy atom. The summed E-state index contributed by atoms with van der Waals surface area (Å²) in [5, 5.41) is 10.2. The van der Waals surface area contributed by atoms with Crippen molar-refractivity contribution >= 4 is 11.8 Å². The number of rotatable bonds is 0. The van der Waals surface area contributed by atoms with Crippen LogP contribution in [0.15, 0.2) is 24.3 Å². The molecule has 2 atom stereocenters. The second kappa shape index (κ2) is 3.97. The second-order valence-corrected chi connectivity index (χ2v) is 5.80. The molecule has 0 aliphatic carbocycles. The molecule has 1 aromatic carbocycles. The van der Waals surface area contributed by atoms with E-state index in [1.807, 2.05) is 36.0 Å². The number of aliphatic hydroxyl groups excluding tert-OH is 1. The lowest BCUT2D eigenvalue weighted by Crippen LogP contribution is -2.45. The molecule has 2 nitrogen and oxygen atoms in total. The Balaban J connectivity index is 1.93. The predicted molar refractivity (Wildman–Crippen MR) is 65.9 cm³/mol. The van der Waals surface area contributed by atoms with Gasteiger partial charge in [-0.25, -0.2) is 0 Å². The predicted octanol–water partition coefficient (Wildman–Crippen LogP) is 2.77. The SMILES string of the molecule is O[C@@H]1CC2(CCCSC2)Oc2ccccc21. The average molecular weight is 236 g/mol. The van der Waals surface area contributed by atoms with Crippen LogP contribution in [0.4, 0.5) is 0 Å². The first-order valence-electron chi connectivity index (χ1n) is 5.83. The van der Waals surface area contributed by atoms with E-state index in [-0.39, 0.29) is 11.7 Å². The van der Waals surface area contributed by atoms with Crippen molar-refractivity contribution in [2.45, 2.75) is 31.0 Å². The van der Waals surface area contributed by atoms with Crippen molar-refractivity contribution in [3.05, 3.63) is 29.8 Å². The molecule has 0 bridgehead atoms. The molecule has 2 aliphatic heterocycles. The van der Waals surface area contributed by atoms with Crippen molar-refractivity contribution in [1.29, 1.82) is 0 Å². The van der Waals surface area contributed by atoms with Crippen LogP contribution < -0.4 is 4.74 Å². The van der Waals surface area contributed by atoms with Gasteiger partial charge in [0, 0.05) is 17.7 Å². The van der Waals surface area contributed by atoms with E-state index < -0.39 is 0 Å². The zero-order chi connectivity index (χ0) is 11.0. The maximum atomic E-state index is 10.2. The first-order chi connectivity index (χ1) is 7.79. The van der Waals surface area contributed by atoms with E-state index in [4.69, 9.17) is 4.74 Å². The molecule has 1 N–H and O–H groups in total. The number of aliphatic hydroxyl groups is 1. The van der Waals surface area contributed by atoms with E-state index in [0.717, 1.165) is 29.9 Å². The molecule has 0 radical (unpaired) electrons. The third kappa shape index (κ3) is 1.72. The summed E-state index contributed by atoms with van der Waals surface area (Å²) < 4.78 is 6.15. The quantitative estimate of drug-likeness (QED) is 0.751. The maximum absolute atomic E-state index is 10.2. The Kier molecular flexibility index (Phi) is 2.60. The standard InChI is InChI=1S/C13H16O2S/c14-11-8-13(6-3-7-16-9-13)15-12-5-2-1-4-10(11)12/h1-2,4-5,11,14H,3,6-9H2/t11-,13?/m1/s1. The molecule has 2 heterocycles. The zero-order valence-corrected chi connectivity index (χ0v) is 10.0. The lowest BCUT2D eigenvalue weighted by Gasteiger charge is -2.42. The molecular weight excluding hydrogens is 220 g/mol. The molecule has 1 unspecified atom stereocenters. The van der Waals surface area contributed by atoms with Gasteiger partial charge in [0.05, 0.1) is 6.10 Å². The van der Waals surface area contributed by atoms with Crippen LogP contribution in [0, 0.1) is 0 Å². The summed E-state index contributed by atoms with van der Waals surface area (Å²) in [7, 11) is 0. The van der Waals surface area contributed by atoms with Gasteiger partial charge in [0.2, 0.25) is 0 Å². The molecule has 0 aromatic heterocycles. The van der Waals surface area contributed by atoms with Gasteiger partial charge < -0.3 is 9.84 Å². The molecule has 86 valence electrons. The van der Waals surface area contributed by atoms with Crippen molar-refractivity contribution in [3.8, 4) is 5.75 Å². The molecule has 1 spiro atoms. The van der Waals surface area contributed by atoms with Gasteiger partial charge in [0.1, 0.15) is 11.4 Å². The smallest absolute Gasteiger partial charge is 0.125 e. The van der Waals surface area contributed by atoms with E-state index in [1.165, 1.54) is 12.2 Å². The van der Waals surface area contributed by atoms with Gasteiger partial charge >= 0.3 is 0 Å².